The van der Waals surface area contributed by atoms with Crippen LogP contribution in [0.3, 0.4) is 0 Å². The summed E-state index contributed by atoms with van der Waals surface area (Å²) in [5.41, 5.74) is 2.40. The van der Waals surface area contributed by atoms with Crippen molar-refractivity contribution < 1.29 is 4.79 Å². The normalized spacial score (nSPS) is 10.7. The summed E-state index contributed by atoms with van der Waals surface area (Å²) in [6, 6.07) is 14.2. The quantitative estimate of drug-likeness (QED) is 0.733. The van der Waals surface area contributed by atoms with Crippen LogP contribution in [0, 0.1) is 6.92 Å². The van der Waals surface area contributed by atoms with Crippen LogP contribution >= 0.6 is 22.7 Å². The summed E-state index contributed by atoms with van der Waals surface area (Å²) < 4.78 is 0. The smallest absolute Gasteiger partial charge is 0.261 e. The zero-order valence-corrected chi connectivity index (χ0v) is 14.5. The van der Waals surface area contributed by atoms with Crippen LogP contribution < -0.4 is 5.32 Å². The first-order valence-electron chi connectivity index (χ1n) is 7.53. The van der Waals surface area contributed by atoms with Crippen LogP contribution in [0.5, 0.6) is 0 Å². The van der Waals surface area contributed by atoms with Gasteiger partial charge in [-0.3, -0.25) is 4.79 Å². The lowest BCUT2D eigenvalue weighted by atomic mass is 10.1. The maximum atomic E-state index is 11.9. The van der Waals surface area contributed by atoms with E-state index in [1.54, 1.807) is 11.3 Å². The average molecular weight is 342 g/mol. The number of nitrogens with zero attached hydrogens (tertiary/aromatic N) is 1. The zero-order valence-electron chi connectivity index (χ0n) is 12.9. The summed E-state index contributed by atoms with van der Waals surface area (Å²) in [6.45, 7) is 2.68. The van der Waals surface area contributed by atoms with Gasteiger partial charge in [0.1, 0.15) is 0 Å². The molecule has 0 bridgehead atoms. The first-order valence-corrected chi connectivity index (χ1v) is 9.23. The van der Waals surface area contributed by atoms with Crippen LogP contribution in [0.1, 0.15) is 30.8 Å². The fourth-order valence-corrected chi connectivity index (χ4v) is 4.06. The Kier molecular flexibility index (Phi) is 5.20. The van der Waals surface area contributed by atoms with Gasteiger partial charge in [0.05, 0.1) is 15.6 Å². The van der Waals surface area contributed by atoms with E-state index in [0.29, 0.717) is 6.54 Å². The summed E-state index contributed by atoms with van der Waals surface area (Å²) in [5, 5.41) is 5.95. The highest BCUT2D eigenvalue weighted by Crippen LogP contribution is 2.21. The lowest BCUT2D eigenvalue weighted by Gasteiger charge is -2.01. The molecule has 3 rings (SSSR count). The molecule has 3 aromatic rings. The third-order valence-electron chi connectivity index (χ3n) is 3.51. The molecule has 5 heteroatoms. The highest BCUT2D eigenvalue weighted by Gasteiger charge is 2.10. The molecule has 0 radical (unpaired) electrons. The van der Waals surface area contributed by atoms with Crippen LogP contribution in [0.15, 0.2) is 47.8 Å². The number of aromatic nitrogens is 1. The van der Waals surface area contributed by atoms with Crippen molar-refractivity contribution in [2.75, 3.05) is 6.54 Å². The molecule has 0 saturated heterocycles. The van der Waals surface area contributed by atoms with Gasteiger partial charge >= 0.3 is 0 Å². The van der Waals surface area contributed by atoms with Crippen molar-refractivity contribution in [3.63, 3.8) is 0 Å². The van der Waals surface area contributed by atoms with E-state index in [-0.39, 0.29) is 5.91 Å². The van der Waals surface area contributed by atoms with E-state index < -0.39 is 0 Å². The number of nitrogens with one attached hydrogen (secondary N) is 1. The number of benzene rings is 1. The molecule has 0 unspecified atom stereocenters. The predicted octanol–water partition coefficient (Wildman–Crippen LogP) is 4.08. The van der Waals surface area contributed by atoms with Gasteiger partial charge in [0.2, 0.25) is 0 Å². The Morgan fingerprint density at radius 1 is 1.17 bits per heavy atom. The zero-order chi connectivity index (χ0) is 16.1. The van der Waals surface area contributed by atoms with E-state index in [1.165, 1.54) is 21.8 Å². The van der Waals surface area contributed by atoms with Gasteiger partial charge in [-0.15, -0.1) is 22.7 Å². The molecule has 23 heavy (non-hydrogen) atoms. The van der Waals surface area contributed by atoms with Crippen LogP contribution in [0.25, 0.3) is 0 Å². The summed E-state index contributed by atoms with van der Waals surface area (Å²) in [5.74, 6) is -0.00205. The lowest BCUT2D eigenvalue weighted by molar-refractivity contribution is 0.0958. The third kappa shape index (κ3) is 4.27. The van der Waals surface area contributed by atoms with E-state index in [1.807, 2.05) is 23.6 Å². The molecule has 0 spiro atoms. The van der Waals surface area contributed by atoms with Gasteiger partial charge in [-0.25, -0.2) is 4.98 Å². The molecule has 3 nitrogen and oxygen atoms in total. The Morgan fingerprint density at radius 3 is 2.74 bits per heavy atom. The van der Waals surface area contributed by atoms with Gasteiger partial charge in [0.25, 0.3) is 5.91 Å². The fraction of sp³-hybridized carbons (Fsp3) is 0.222. The summed E-state index contributed by atoms with van der Waals surface area (Å²) in [4.78, 5) is 18.6. The van der Waals surface area contributed by atoms with Crippen LogP contribution in [-0.4, -0.2) is 17.4 Å². The molecule has 1 amide bonds. The number of amides is 1. The van der Waals surface area contributed by atoms with Crippen LogP contribution in [-0.2, 0) is 12.8 Å². The van der Waals surface area contributed by atoms with E-state index in [2.05, 4.69) is 41.5 Å². The first kappa shape index (κ1) is 15.9. The molecule has 0 aliphatic rings. The van der Waals surface area contributed by atoms with Crippen molar-refractivity contribution in [2.45, 2.75) is 19.8 Å². The van der Waals surface area contributed by atoms with Crippen molar-refractivity contribution >= 4 is 28.6 Å². The average Bonchev–Trinajstić information content (AvgIpc) is 3.19. The minimum atomic E-state index is -0.00205. The van der Waals surface area contributed by atoms with E-state index in [4.69, 9.17) is 0 Å². The second-order valence-electron chi connectivity index (χ2n) is 5.26. The number of hydrogen-bond donors (Lipinski definition) is 1. The maximum Gasteiger partial charge on any atom is 0.261 e. The van der Waals surface area contributed by atoms with E-state index in [9.17, 15) is 4.79 Å². The fourth-order valence-electron chi connectivity index (χ4n) is 2.32. The summed E-state index contributed by atoms with van der Waals surface area (Å²) in [7, 11) is 0. The Bertz CT molecular complexity index is 764. The first-order chi connectivity index (χ1) is 11.2. The minimum absolute atomic E-state index is 0.00205. The number of aryl methyl sites for hydroxylation is 1. The Morgan fingerprint density at radius 2 is 2.00 bits per heavy atom. The molecule has 0 atom stereocenters. The number of carbonyl (C=O) groups is 1. The largest absolute Gasteiger partial charge is 0.351 e. The van der Waals surface area contributed by atoms with Crippen molar-refractivity contribution in [2.24, 2.45) is 0 Å². The molecule has 0 aliphatic carbocycles. The number of thiophene rings is 1. The maximum absolute atomic E-state index is 11.9. The second-order valence-corrected chi connectivity index (χ2v) is 7.38. The third-order valence-corrected chi connectivity index (χ3v) is 5.60. The van der Waals surface area contributed by atoms with Gasteiger partial charge in [-0.1, -0.05) is 36.4 Å². The molecule has 118 valence electrons. The van der Waals surface area contributed by atoms with Crippen LogP contribution in [0.4, 0.5) is 0 Å². The van der Waals surface area contributed by atoms with E-state index in [0.717, 1.165) is 28.4 Å². The molecule has 0 saturated carbocycles. The molecular weight excluding hydrogens is 324 g/mol. The number of thiazole rings is 1. The summed E-state index contributed by atoms with van der Waals surface area (Å²) in [6.07, 6.45) is 1.70. The van der Waals surface area contributed by atoms with Crippen LogP contribution in [0.2, 0.25) is 0 Å². The SMILES string of the molecule is Cc1nc(CCNC(=O)c2cccs2)sc1Cc1ccccc1. The van der Waals surface area contributed by atoms with Crippen molar-refractivity contribution in [1.29, 1.82) is 0 Å². The number of carbonyl (C=O) groups excluding carboxylic acids is 1. The minimum Gasteiger partial charge on any atom is -0.351 e. The van der Waals surface area contributed by atoms with Crippen molar-refractivity contribution in [3.8, 4) is 0 Å². The van der Waals surface area contributed by atoms with Gasteiger partial charge in [-0.05, 0) is 23.9 Å². The number of hydrogen-bond acceptors (Lipinski definition) is 4. The van der Waals surface area contributed by atoms with Crippen molar-refractivity contribution in [1.82, 2.24) is 10.3 Å². The van der Waals surface area contributed by atoms with Gasteiger partial charge < -0.3 is 5.32 Å². The molecule has 0 aliphatic heterocycles. The second kappa shape index (κ2) is 7.53. The number of rotatable bonds is 6. The lowest BCUT2D eigenvalue weighted by Crippen LogP contribution is -2.24. The summed E-state index contributed by atoms with van der Waals surface area (Å²) >= 11 is 3.20. The molecule has 1 aromatic carbocycles. The van der Waals surface area contributed by atoms with Crippen molar-refractivity contribution in [3.05, 3.63) is 73.9 Å². The molecular formula is C18H18N2OS2. The highest BCUT2D eigenvalue weighted by atomic mass is 32.1. The molecule has 0 fully saturated rings. The molecule has 2 aromatic heterocycles. The van der Waals surface area contributed by atoms with Gasteiger partial charge in [0, 0.05) is 24.3 Å². The highest BCUT2D eigenvalue weighted by molar-refractivity contribution is 7.12. The van der Waals surface area contributed by atoms with Gasteiger partial charge in [-0.2, -0.15) is 0 Å². The van der Waals surface area contributed by atoms with E-state index >= 15 is 0 Å². The van der Waals surface area contributed by atoms with Gasteiger partial charge in [0.15, 0.2) is 0 Å². The standard InChI is InChI=1S/C18H18N2OS2/c1-13-16(12-14-6-3-2-4-7-14)23-17(20-13)9-10-19-18(21)15-8-5-11-22-15/h2-8,11H,9-10,12H2,1H3,(H,19,21). The Hall–Kier alpha value is -1.98. The Labute approximate surface area is 144 Å². The topological polar surface area (TPSA) is 42.0 Å². The monoisotopic (exact) mass is 342 g/mol. The molecule has 2 heterocycles. The predicted molar refractivity (Wildman–Crippen MR) is 96.5 cm³/mol. The Balaban J connectivity index is 1.55. The molecule has 1 N–H and O–H groups in total.